The van der Waals surface area contributed by atoms with Crippen LogP contribution in [0.2, 0.25) is 0 Å². The number of ether oxygens (including phenoxy) is 1. The molecule has 0 atom stereocenters. The summed E-state index contributed by atoms with van der Waals surface area (Å²) in [7, 11) is 0. The van der Waals surface area contributed by atoms with Crippen LogP contribution in [0.4, 0.5) is 0 Å². The van der Waals surface area contributed by atoms with Crippen molar-refractivity contribution in [3.8, 4) is 0 Å². The molecule has 0 spiro atoms. The normalized spacial score (nSPS) is 10.6. The van der Waals surface area contributed by atoms with Gasteiger partial charge in [0.2, 0.25) is 5.76 Å². The number of hydrogen-bond acceptors (Lipinski definition) is 4. The topological polar surface area (TPSA) is 71.7 Å². The van der Waals surface area contributed by atoms with Crippen LogP contribution in [0.5, 0.6) is 0 Å². The Morgan fingerprint density at radius 2 is 2.33 bits per heavy atom. The van der Waals surface area contributed by atoms with Crippen molar-refractivity contribution in [2.45, 2.75) is 20.4 Å². The van der Waals surface area contributed by atoms with Gasteiger partial charge < -0.3 is 19.6 Å². The second-order valence-electron chi connectivity index (χ2n) is 4.18. The Bertz CT molecular complexity index is 423. The first-order valence-electron chi connectivity index (χ1n) is 5.76. The summed E-state index contributed by atoms with van der Waals surface area (Å²) in [6.45, 7) is 9.82. The molecule has 1 rings (SSSR count). The number of rotatable bonds is 8. The second-order valence-corrected chi connectivity index (χ2v) is 4.18. The van der Waals surface area contributed by atoms with Crippen molar-refractivity contribution in [1.82, 2.24) is 5.32 Å². The molecular formula is C13H19NO4. The van der Waals surface area contributed by atoms with Gasteiger partial charge in [-0.1, -0.05) is 12.2 Å². The number of aromatic carboxylic acids is 1. The number of nitrogens with one attached hydrogen (secondary N) is 1. The number of hydrogen-bond donors (Lipinski definition) is 2. The van der Waals surface area contributed by atoms with E-state index >= 15 is 0 Å². The summed E-state index contributed by atoms with van der Waals surface area (Å²) in [5, 5.41) is 11.9. The average Bonchev–Trinajstić information content (AvgIpc) is 2.65. The Morgan fingerprint density at radius 3 is 2.89 bits per heavy atom. The minimum atomic E-state index is -1.05. The van der Waals surface area contributed by atoms with Crippen molar-refractivity contribution in [1.29, 1.82) is 0 Å². The lowest BCUT2D eigenvalue weighted by atomic mass is 10.2. The number of furan rings is 1. The molecule has 0 aliphatic rings. The van der Waals surface area contributed by atoms with Crippen molar-refractivity contribution in [2.75, 3.05) is 19.8 Å². The highest BCUT2D eigenvalue weighted by Gasteiger charge is 2.12. The molecule has 0 aliphatic heterocycles. The van der Waals surface area contributed by atoms with Crippen LogP contribution < -0.4 is 5.32 Å². The largest absolute Gasteiger partial charge is 0.475 e. The van der Waals surface area contributed by atoms with Gasteiger partial charge in [-0.25, -0.2) is 4.79 Å². The van der Waals surface area contributed by atoms with Gasteiger partial charge in [-0.15, -0.1) is 0 Å². The molecule has 1 aromatic rings. The zero-order valence-electron chi connectivity index (χ0n) is 10.8. The molecule has 1 heterocycles. The monoisotopic (exact) mass is 253 g/mol. The smallest absolute Gasteiger partial charge is 0.371 e. The summed E-state index contributed by atoms with van der Waals surface area (Å²) < 4.78 is 10.4. The van der Waals surface area contributed by atoms with E-state index in [2.05, 4.69) is 11.9 Å². The number of carbonyl (C=O) groups is 1. The lowest BCUT2D eigenvalue weighted by molar-refractivity contribution is 0.0661. The Morgan fingerprint density at radius 1 is 1.61 bits per heavy atom. The molecule has 5 heteroatoms. The molecule has 0 bridgehead atoms. The lowest BCUT2D eigenvalue weighted by Gasteiger charge is -2.05. The lowest BCUT2D eigenvalue weighted by Crippen LogP contribution is -2.19. The van der Waals surface area contributed by atoms with Crippen LogP contribution in [0.15, 0.2) is 22.6 Å². The summed E-state index contributed by atoms with van der Waals surface area (Å²) in [6, 6.07) is 1.54. The molecule has 2 N–H and O–H groups in total. The fourth-order valence-corrected chi connectivity index (χ4v) is 1.41. The van der Waals surface area contributed by atoms with E-state index < -0.39 is 5.97 Å². The van der Waals surface area contributed by atoms with Crippen molar-refractivity contribution in [3.63, 3.8) is 0 Å². The highest BCUT2D eigenvalue weighted by atomic mass is 16.5. The summed E-state index contributed by atoms with van der Waals surface area (Å²) in [5.41, 5.74) is 1.85. The van der Waals surface area contributed by atoms with E-state index in [1.54, 1.807) is 13.0 Å². The van der Waals surface area contributed by atoms with Crippen LogP contribution in [0.3, 0.4) is 0 Å². The maximum Gasteiger partial charge on any atom is 0.371 e. The SMILES string of the molecule is C=C(C)COCCNCc1cc(C(=O)O)oc1C. The molecule has 0 saturated heterocycles. The summed E-state index contributed by atoms with van der Waals surface area (Å²) in [6.07, 6.45) is 0. The zero-order chi connectivity index (χ0) is 13.5. The molecule has 0 fully saturated rings. The minimum Gasteiger partial charge on any atom is -0.475 e. The third-order valence-electron chi connectivity index (χ3n) is 2.32. The molecular weight excluding hydrogens is 234 g/mol. The first-order chi connectivity index (χ1) is 8.50. The summed E-state index contributed by atoms with van der Waals surface area (Å²) >= 11 is 0. The standard InChI is InChI=1S/C13H19NO4/c1-9(2)8-17-5-4-14-7-11-6-12(13(15)16)18-10(11)3/h6,14H,1,4-5,7-8H2,2-3H3,(H,15,16). The van der Waals surface area contributed by atoms with Crippen LogP contribution in [0.1, 0.15) is 28.8 Å². The summed E-state index contributed by atoms with van der Waals surface area (Å²) in [4.78, 5) is 10.7. The van der Waals surface area contributed by atoms with Gasteiger partial charge >= 0.3 is 5.97 Å². The fraction of sp³-hybridized carbons (Fsp3) is 0.462. The first-order valence-corrected chi connectivity index (χ1v) is 5.76. The van der Waals surface area contributed by atoms with Gasteiger partial charge in [-0.05, 0) is 19.9 Å². The van der Waals surface area contributed by atoms with Crippen LogP contribution >= 0.6 is 0 Å². The molecule has 0 saturated carbocycles. The highest BCUT2D eigenvalue weighted by Crippen LogP contribution is 2.14. The van der Waals surface area contributed by atoms with E-state index in [4.69, 9.17) is 14.3 Å². The molecule has 0 aromatic carbocycles. The third-order valence-corrected chi connectivity index (χ3v) is 2.32. The highest BCUT2D eigenvalue weighted by molar-refractivity contribution is 5.84. The fourth-order valence-electron chi connectivity index (χ4n) is 1.41. The maximum absolute atomic E-state index is 10.7. The number of aryl methyl sites for hydroxylation is 1. The van der Waals surface area contributed by atoms with Crippen LogP contribution in [0.25, 0.3) is 0 Å². The minimum absolute atomic E-state index is 0.0252. The molecule has 0 amide bonds. The average molecular weight is 253 g/mol. The van der Waals surface area contributed by atoms with Crippen molar-refractivity contribution in [2.24, 2.45) is 0 Å². The third kappa shape index (κ3) is 4.73. The van der Waals surface area contributed by atoms with Crippen molar-refractivity contribution >= 4 is 5.97 Å². The molecule has 0 aliphatic carbocycles. The maximum atomic E-state index is 10.7. The predicted molar refractivity (Wildman–Crippen MR) is 67.7 cm³/mol. The van der Waals surface area contributed by atoms with E-state index in [9.17, 15) is 4.79 Å². The van der Waals surface area contributed by atoms with E-state index in [1.807, 2.05) is 6.92 Å². The number of carboxylic acid groups (broad SMARTS) is 1. The van der Waals surface area contributed by atoms with Gasteiger partial charge in [0.25, 0.3) is 0 Å². The molecule has 0 radical (unpaired) electrons. The Kier molecular flexibility index (Phi) is 5.61. The van der Waals surface area contributed by atoms with Gasteiger partial charge in [0, 0.05) is 18.7 Å². The van der Waals surface area contributed by atoms with Gasteiger partial charge in [-0.3, -0.25) is 0 Å². The van der Waals surface area contributed by atoms with Crippen molar-refractivity contribution in [3.05, 3.63) is 35.3 Å². The summed E-state index contributed by atoms with van der Waals surface area (Å²) in [5.74, 6) is -0.445. The first kappa shape index (κ1) is 14.5. The second kappa shape index (κ2) is 6.98. The Balaban J connectivity index is 2.27. The van der Waals surface area contributed by atoms with E-state index in [1.165, 1.54) is 0 Å². The zero-order valence-corrected chi connectivity index (χ0v) is 10.8. The number of carboxylic acids is 1. The predicted octanol–water partition coefficient (Wildman–Crippen LogP) is 1.97. The van der Waals surface area contributed by atoms with E-state index in [0.717, 1.165) is 11.1 Å². The van der Waals surface area contributed by atoms with Gasteiger partial charge in [0.05, 0.1) is 13.2 Å². The Labute approximate surface area is 106 Å². The van der Waals surface area contributed by atoms with Crippen LogP contribution in [0, 0.1) is 6.92 Å². The van der Waals surface area contributed by atoms with Crippen molar-refractivity contribution < 1.29 is 19.1 Å². The van der Waals surface area contributed by atoms with Crippen LogP contribution in [-0.4, -0.2) is 30.8 Å². The molecule has 0 unspecified atom stereocenters. The van der Waals surface area contributed by atoms with Gasteiger partial charge in [0.15, 0.2) is 0 Å². The van der Waals surface area contributed by atoms with Gasteiger partial charge in [0.1, 0.15) is 5.76 Å². The quantitative estimate of drug-likeness (QED) is 0.547. The Hall–Kier alpha value is -1.59. The van der Waals surface area contributed by atoms with E-state index in [0.29, 0.717) is 32.1 Å². The van der Waals surface area contributed by atoms with Crippen LogP contribution in [-0.2, 0) is 11.3 Å². The molecule has 1 aromatic heterocycles. The van der Waals surface area contributed by atoms with Gasteiger partial charge in [-0.2, -0.15) is 0 Å². The molecule has 5 nitrogen and oxygen atoms in total. The molecule has 100 valence electrons. The van der Waals surface area contributed by atoms with E-state index in [-0.39, 0.29) is 5.76 Å². The molecule has 18 heavy (non-hydrogen) atoms.